The van der Waals surface area contributed by atoms with Crippen molar-refractivity contribution in [3.05, 3.63) is 11.6 Å². The highest BCUT2D eigenvalue weighted by Crippen LogP contribution is 1.99. The Morgan fingerprint density at radius 3 is 3.07 bits per heavy atom. The lowest BCUT2D eigenvalue weighted by molar-refractivity contribution is 0.0930. The molecule has 6 heteroatoms. The van der Waals surface area contributed by atoms with E-state index in [1.165, 1.54) is 0 Å². The average molecular weight is 195 g/mol. The van der Waals surface area contributed by atoms with Gasteiger partial charge in [0.15, 0.2) is 0 Å². The summed E-state index contributed by atoms with van der Waals surface area (Å²) in [7, 11) is 0. The average Bonchev–Trinajstić information content (AvgIpc) is 2.75. The molecule has 0 radical (unpaired) electrons. The van der Waals surface area contributed by atoms with Gasteiger partial charge in [0.1, 0.15) is 5.82 Å². The topological polar surface area (TPSA) is 82.7 Å². The molecule has 6 nitrogen and oxygen atoms in total. The van der Waals surface area contributed by atoms with Crippen molar-refractivity contribution in [2.24, 2.45) is 0 Å². The number of nitrogens with one attached hydrogen (secondary N) is 3. The molecule has 0 unspecified atom stereocenters. The zero-order chi connectivity index (χ0) is 9.97. The van der Waals surface area contributed by atoms with E-state index in [-0.39, 0.29) is 17.8 Å². The molecule has 0 saturated carbocycles. The van der Waals surface area contributed by atoms with Crippen molar-refractivity contribution in [1.82, 2.24) is 25.8 Å². The van der Waals surface area contributed by atoms with Crippen molar-refractivity contribution in [3.63, 3.8) is 0 Å². The first-order chi connectivity index (χ1) is 6.75. The molecule has 1 saturated heterocycles. The largest absolute Gasteiger partial charge is 0.345 e. The molecular weight excluding hydrogens is 182 g/mol. The molecule has 1 aromatic rings. The monoisotopic (exact) mass is 195 g/mol. The molecule has 0 spiro atoms. The molecular formula is C8H13N5O. The number of rotatable bonds is 2. The van der Waals surface area contributed by atoms with Crippen LogP contribution in [0.25, 0.3) is 0 Å². The smallest absolute Gasteiger partial charge is 0.291 e. The van der Waals surface area contributed by atoms with Gasteiger partial charge < -0.3 is 10.6 Å². The molecule has 1 aromatic heterocycles. The van der Waals surface area contributed by atoms with Gasteiger partial charge in [0.25, 0.3) is 5.91 Å². The van der Waals surface area contributed by atoms with Crippen LogP contribution in [-0.4, -0.2) is 40.2 Å². The van der Waals surface area contributed by atoms with E-state index in [4.69, 9.17) is 0 Å². The lowest BCUT2D eigenvalue weighted by atomic mass is 10.2. The van der Waals surface area contributed by atoms with Crippen molar-refractivity contribution in [1.29, 1.82) is 0 Å². The maximum Gasteiger partial charge on any atom is 0.291 e. The van der Waals surface area contributed by atoms with Crippen LogP contribution >= 0.6 is 0 Å². The summed E-state index contributed by atoms with van der Waals surface area (Å²) in [6.07, 6.45) is 0.967. The van der Waals surface area contributed by atoms with Gasteiger partial charge >= 0.3 is 0 Å². The third-order valence-electron chi connectivity index (χ3n) is 2.20. The molecule has 0 aromatic carbocycles. The van der Waals surface area contributed by atoms with Gasteiger partial charge in [-0.2, -0.15) is 0 Å². The van der Waals surface area contributed by atoms with Crippen LogP contribution in [0.5, 0.6) is 0 Å². The van der Waals surface area contributed by atoms with E-state index in [1.54, 1.807) is 6.92 Å². The molecule has 2 rings (SSSR count). The second kappa shape index (κ2) is 3.75. The van der Waals surface area contributed by atoms with Gasteiger partial charge in [-0.05, 0) is 19.9 Å². The third-order valence-corrected chi connectivity index (χ3v) is 2.20. The Labute approximate surface area is 81.5 Å². The number of carbonyl (C=O) groups excluding carboxylic acids is 1. The van der Waals surface area contributed by atoms with E-state index >= 15 is 0 Å². The number of H-pyrrole nitrogens is 1. The first kappa shape index (κ1) is 9.14. The highest BCUT2D eigenvalue weighted by atomic mass is 16.2. The summed E-state index contributed by atoms with van der Waals surface area (Å²) in [4.78, 5) is 15.5. The maximum absolute atomic E-state index is 11.5. The summed E-state index contributed by atoms with van der Waals surface area (Å²) in [6.45, 7) is 3.55. The Morgan fingerprint density at radius 2 is 2.50 bits per heavy atom. The van der Waals surface area contributed by atoms with Crippen molar-refractivity contribution >= 4 is 5.91 Å². The Morgan fingerprint density at radius 1 is 1.64 bits per heavy atom. The van der Waals surface area contributed by atoms with Crippen LogP contribution in [0.3, 0.4) is 0 Å². The fourth-order valence-corrected chi connectivity index (χ4v) is 1.47. The predicted molar refractivity (Wildman–Crippen MR) is 49.9 cm³/mol. The highest BCUT2D eigenvalue weighted by molar-refractivity contribution is 5.90. The van der Waals surface area contributed by atoms with Crippen LogP contribution in [0, 0.1) is 6.92 Å². The molecule has 3 N–H and O–H groups in total. The SMILES string of the molecule is Cc1nc(C(=O)N[C@@H]2CCNC2)n[nH]1. The molecule has 14 heavy (non-hydrogen) atoms. The summed E-state index contributed by atoms with van der Waals surface area (Å²) >= 11 is 0. The quantitative estimate of drug-likeness (QED) is 0.577. The van der Waals surface area contributed by atoms with Crippen molar-refractivity contribution < 1.29 is 4.79 Å². The minimum absolute atomic E-state index is 0.206. The summed E-state index contributed by atoms with van der Waals surface area (Å²) in [5.41, 5.74) is 0. The highest BCUT2D eigenvalue weighted by Gasteiger charge is 2.19. The zero-order valence-electron chi connectivity index (χ0n) is 8.00. The zero-order valence-corrected chi connectivity index (χ0v) is 8.00. The number of hydrogen-bond donors (Lipinski definition) is 3. The second-order valence-electron chi connectivity index (χ2n) is 3.41. The minimum Gasteiger partial charge on any atom is -0.345 e. The minimum atomic E-state index is -0.206. The van der Waals surface area contributed by atoms with Crippen LogP contribution in [0.2, 0.25) is 0 Å². The van der Waals surface area contributed by atoms with Crippen LogP contribution in [-0.2, 0) is 0 Å². The molecule has 1 fully saturated rings. The molecule has 0 bridgehead atoms. The number of aromatic amines is 1. The number of amides is 1. The molecule has 0 aliphatic carbocycles. The van der Waals surface area contributed by atoms with E-state index in [9.17, 15) is 4.79 Å². The van der Waals surface area contributed by atoms with Gasteiger partial charge in [-0.25, -0.2) is 4.98 Å². The first-order valence-corrected chi connectivity index (χ1v) is 4.66. The molecule has 2 heterocycles. The van der Waals surface area contributed by atoms with Crippen LogP contribution in [0.4, 0.5) is 0 Å². The Kier molecular flexibility index (Phi) is 2.45. The van der Waals surface area contributed by atoms with Crippen molar-refractivity contribution in [2.75, 3.05) is 13.1 Å². The fourth-order valence-electron chi connectivity index (χ4n) is 1.47. The van der Waals surface area contributed by atoms with Crippen LogP contribution < -0.4 is 10.6 Å². The van der Waals surface area contributed by atoms with E-state index in [2.05, 4.69) is 25.8 Å². The van der Waals surface area contributed by atoms with Gasteiger partial charge in [-0.1, -0.05) is 0 Å². The third kappa shape index (κ3) is 1.90. The summed E-state index contributed by atoms with van der Waals surface area (Å²) in [6, 6.07) is 0.210. The maximum atomic E-state index is 11.5. The van der Waals surface area contributed by atoms with E-state index in [1.807, 2.05) is 0 Å². The van der Waals surface area contributed by atoms with Crippen molar-refractivity contribution in [3.8, 4) is 0 Å². The number of aromatic nitrogens is 3. The van der Waals surface area contributed by atoms with Crippen LogP contribution in [0.15, 0.2) is 0 Å². The number of aryl methyl sites for hydroxylation is 1. The first-order valence-electron chi connectivity index (χ1n) is 4.66. The summed E-state index contributed by atoms with van der Waals surface area (Å²) in [5, 5.41) is 12.5. The number of carbonyl (C=O) groups is 1. The Bertz CT molecular complexity index is 328. The van der Waals surface area contributed by atoms with Gasteiger partial charge in [0.05, 0.1) is 0 Å². The van der Waals surface area contributed by atoms with Crippen molar-refractivity contribution in [2.45, 2.75) is 19.4 Å². The lowest BCUT2D eigenvalue weighted by Crippen LogP contribution is -2.36. The van der Waals surface area contributed by atoms with Gasteiger partial charge in [0.2, 0.25) is 5.82 Å². The molecule has 1 aliphatic heterocycles. The Hall–Kier alpha value is -1.43. The molecule has 1 atom stereocenters. The molecule has 1 aliphatic rings. The van der Waals surface area contributed by atoms with Gasteiger partial charge in [0, 0.05) is 12.6 Å². The number of hydrogen-bond acceptors (Lipinski definition) is 4. The van der Waals surface area contributed by atoms with E-state index < -0.39 is 0 Å². The number of nitrogens with zero attached hydrogens (tertiary/aromatic N) is 2. The Balaban J connectivity index is 1.95. The lowest BCUT2D eigenvalue weighted by Gasteiger charge is -2.08. The van der Waals surface area contributed by atoms with Gasteiger partial charge in [-0.15, -0.1) is 5.10 Å². The summed E-state index contributed by atoms with van der Waals surface area (Å²) < 4.78 is 0. The van der Waals surface area contributed by atoms with E-state index in [0.717, 1.165) is 19.5 Å². The van der Waals surface area contributed by atoms with E-state index in [0.29, 0.717) is 5.82 Å². The second-order valence-corrected chi connectivity index (χ2v) is 3.41. The standard InChI is InChI=1S/C8H13N5O/c1-5-10-7(13-12-5)8(14)11-6-2-3-9-4-6/h6,9H,2-4H2,1H3,(H,11,14)(H,10,12,13)/t6-/m1/s1. The molecule has 1 amide bonds. The molecule has 76 valence electrons. The normalized spacial score (nSPS) is 21.1. The van der Waals surface area contributed by atoms with Crippen LogP contribution in [0.1, 0.15) is 22.9 Å². The predicted octanol–water partition coefficient (Wildman–Crippen LogP) is -0.795. The fraction of sp³-hybridized carbons (Fsp3) is 0.625. The van der Waals surface area contributed by atoms with Gasteiger partial charge in [-0.3, -0.25) is 9.89 Å². The summed E-state index contributed by atoms with van der Waals surface area (Å²) in [5.74, 6) is 0.664.